The largest absolute Gasteiger partial charge is 0.368 e. The van der Waals surface area contributed by atoms with E-state index in [-0.39, 0.29) is 5.82 Å². The Morgan fingerprint density at radius 1 is 1.14 bits per heavy atom. The first-order chi connectivity index (χ1) is 10.3. The second-order valence-corrected chi connectivity index (χ2v) is 6.67. The van der Waals surface area contributed by atoms with E-state index < -0.39 is 0 Å². The first-order valence-corrected chi connectivity index (χ1v) is 8.31. The smallest absolute Gasteiger partial charge is 0.129 e. The van der Waals surface area contributed by atoms with E-state index in [4.69, 9.17) is 0 Å². The Kier molecular flexibility index (Phi) is 3.59. The van der Waals surface area contributed by atoms with Crippen LogP contribution in [0.25, 0.3) is 0 Å². The molecule has 4 heteroatoms. The van der Waals surface area contributed by atoms with Crippen molar-refractivity contribution in [3.63, 3.8) is 0 Å². The van der Waals surface area contributed by atoms with Crippen molar-refractivity contribution in [2.75, 3.05) is 31.1 Å². The number of halogens is 1. The number of benzene rings is 1. The number of hydrogen-bond donors (Lipinski definition) is 1. The van der Waals surface area contributed by atoms with E-state index in [0.29, 0.717) is 18.6 Å². The van der Waals surface area contributed by atoms with E-state index in [2.05, 4.69) is 21.2 Å². The molecule has 1 aliphatic carbocycles. The number of piperazine rings is 1. The number of anilines is 1. The van der Waals surface area contributed by atoms with Crippen molar-refractivity contribution in [2.45, 2.75) is 44.3 Å². The minimum absolute atomic E-state index is 0.0606. The average Bonchev–Trinajstić information content (AvgIpc) is 3.21. The van der Waals surface area contributed by atoms with Gasteiger partial charge in [0.25, 0.3) is 0 Å². The maximum absolute atomic E-state index is 14.3. The molecule has 114 valence electrons. The number of rotatable bonds is 4. The van der Waals surface area contributed by atoms with Crippen LogP contribution in [0.1, 0.15) is 31.2 Å². The van der Waals surface area contributed by atoms with Gasteiger partial charge in [-0.05, 0) is 44.4 Å². The topological polar surface area (TPSA) is 18.5 Å². The third kappa shape index (κ3) is 2.79. The zero-order chi connectivity index (χ0) is 14.2. The van der Waals surface area contributed by atoms with Crippen LogP contribution in [-0.4, -0.2) is 43.2 Å². The molecule has 21 heavy (non-hydrogen) atoms. The molecule has 2 saturated heterocycles. The Balaban J connectivity index is 1.54. The molecule has 0 bridgehead atoms. The summed E-state index contributed by atoms with van der Waals surface area (Å²) >= 11 is 0. The van der Waals surface area contributed by atoms with Crippen molar-refractivity contribution in [1.29, 1.82) is 0 Å². The second kappa shape index (κ2) is 5.58. The van der Waals surface area contributed by atoms with E-state index in [1.165, 1.54) is 32.2 Å². The summed E-state index contributed by atoms with van der Waals surface area (Å²) in [5, 5.41) is 3.46. The van der Waals surface area contributed by atoms with E-state index in [0.717, 1.165) is 30.9 Å². The predicted octanol–water partition coefficient (Wildman–Crippen LogP) is 2.36. The summed E-state index contributed by atoms with van der Waals surface area (Å²) in [6.07, 6.45) is 5.09. The standard InChI is InChI=1S/C17H24FN3/c18-16-4-1-5-17(15(16)11-19-13-6-7-13)21-10-9-20-8-2-3-14(20)12-21/h1,4-5,13-14,19H,2-3,6-12H2. The maximum atomic E-state index is 14.3. The molecule has 2 aliphatic heterocycles. The van der Waals surface area contributed by atoms with Crippen molar-refractivity contribution >= 4 is 5.69 Å². The first-order valence-electron chi connectivity index (χ1n) is 8.31. The molecule has 3 aliphatic rings. The minimum atomic E-state index is -0.0606. The number of fused-ring (bicyclic) bond motifs is 1. The Hall–Kier alpha value is -1.13. The lowest BCUT2D eigenvalue weighted by molar-refractivity contribution is 0.230. The van der Waals surface area contributed by atoms with Crippen LogP contribution in [0.3, 0.4) is 0 Å². The minimum Gasteiger partial charge on any atom is -0.368 e. The van der Waals surface area contributed by atoms with Crippen LogP contribution in [-0.2, 0) is 6.54 Å². The van der Waals surface area contributed by atoms with Gasteiger partial charge in [-0.15, -0.1) is 0 Å². The van der Waals surface area contributed by atoms with Gasteiger partial charge in [-0.1, -0.05) is 6.07 Å². The second-order valence-electron chi connectivity index (χ2n) is 6.67. The van der Waals surface area contributed by atoms with Gasteiger partial charge in [0.1, 0.15) is 5.82 Å². The van der Waals surface area contributed by atoms with E-state index in [1.54, 1.807) is 6.07 Å². The molecular weight excluding hydrogens is 265 g/mol. The van der Waals surface area contributed by atoms with Crippen molar-refractivity contribution in [3.05, 3.63) is 29.6 Å². The summed E-state index contributed by atoms with van der Waals surface area (Å²) in [6.45, 7) is 5.11. The van der Waals surface area contributed by atoms with Gasteiger partial charge in [0, 0.05) is 49.5 Å². The molecular formula is C17H24FN3. The lowest BCUT2D eigenvalue weighted by atomic mass is 10.1. The molecule has 4 rings (SSSR count). The van der Waals surface area contributed by atoms with E-state index in [1.807, 2.05) is 6.07 Å². The van der Waals surface area contributed by atoms with Gasteiger partial charge in [0.15, 0.2) is 0 Å². The SMILES string of the molecule is Fc1cccc(N2CCN3CCCC3C2)c1CNC1CC1. The molecule has 3 nitrogen and oxygen atoms in total. The molecule has 1 aromatic carbocycles. The summed E-state index contributed by atoms with van der Waals surface area (Å²) in [4.78, 5) is 5.00. The van der Waals surface area contributed by atoms with Crippen LogP contribution < -0.4 is 10.2 Å². The first kappa shape index (κ1) is 13.5. The Bertz CT molecular complexity index is 515. The average molecular weight is 289 g/mol. The molecule has 0 aromatic heterocycles. The Morgan fingerprint density at radius 3 is 2.90 bits per heavy atom. The third-order valence-electron chi connectivity index (χ3n) is 5.17. The highest BCUT2D eigenvalue weighted by Gasteiger charge is 2.31. The van der Waals surface area contributed by atoms with Gasteiger partial charge in [-0.25, -0.2) is 4.39 Å². The van der Waals surface area contributed by atoms with Crippen molar-refractivity contribution in [1.82, 2.24) is 10.2 Å². The summed E-state index contributed by atoms with van der Waals surface area (Å²) in [5.74, 6) is -0.0606. The zero-order valence-corrected chi connectivity index (χ0v) is 12.5. The molecule has 1 aromatic rings. The van der Waals surface area contributed by atoms with Crippen LogP contribution in [0.15, 0.2) is 18.2 Å². The molecule has 0 amide bonds. The Labute approximate surface area is 126 Å². The third-order valence-corrected chi connectivity index (χ3v) is 5.17. The van der Waals surface area contributed by atoms with Crippen LogP contribution in [0, 0.1) is 5.82 Å². The quantitative estimate of drug-likeness (QED) is 0.918. The molecule has 1 N–H and O–H groups in total. The maximum Gasteiger partial charge on any atom is 0.129 e. The molecule has 1 saturated carbocycles. The predicted molar refractivity (Wildman–Crippen MR) is 83.1 cm³/mol. The zero-order valence-electron chi connectivity index (χ0n) is 12.5. The molecule has 2 heterocycles. The van der Waals surface area contributed by atoms with Crippen molar-refractivity contribution in [2.24, 2.45) is 0 Å². The molecule has 1 unspecified atom stereocenters. The van der Waals surface area contributed by atoms with Gasteiger partial charge in [-0.3, -0.25) is 4.90 Å². The van der Waals surface area contributed by atoms with Gasteiger partial charge in [0.05, 0.1) is 0 Å². The van der Waals surface area contributed by atoms with Crippen LogP contribution in [0.2, 0.25) is 0 Å². The summed E-state index contributed by atoms with van der Waals surface area (Å²) in [5.41, 5.74) is 1.96. The summed E-state index contributed by atoms with van der Waals surface area (Å²) < 4.78 is 14.3. The summed E-state index contributed by atoms with van der Waals surface area (Å²) in [6, 6.07) is 6.83. The monoisotopic (exact) mass is 289 g/mol. The molecule has 0 spiro atoms. The van der Waals surface area contributed by atoms with Crippen molar-refractivity contribution in [3.8, 4) is 0 Å². The van der Waals surface area contributed by atoms with Gasteiger partial charge in [-0.2, -0.15) is 0 Å². The van der Waals surface area contributed by atoms with Gasteiger partial charge >= 0.3 is 0 Å². The van der Waals surface area contributed by atoms with Crippen molar-refractivity contribution < 1.29 is 4.39 Å². The fourth-order valence-corrected chi connectivity index (χ4v) is 3.76. The Morgan fingerprint density at radius 2 is 2.05 bits per heavy atom. The lowest BCUT2D eigenvalue weighted by Gasteiger charge is -2.39. The van der Waals surface area contributed by atoms with Crippen LogP contribution in [0.5, 0.6) is 0 Å². The number of nitrogens with one attached hydrogen (secondary N) is 1. The molecule has 1 atom stereocenters. The normalized spacial score (nSPS) is 26.1. The highest BCUT2D eigenvalue weighted by molar-refractivity contribution is 5.55. The number of nitrogens with zero attached hydrogens (tertiary/aromatic N) is 2. The lowest BCUT2D eigenvalue weighted by Crippen LogP contribution is -2.50. The number of hydrogen-bond acceptors (Lipinski definition) is 3. The highest BCUT2D eigenvalue weighted by Crippen LogP contribution is 2.30. The van der Waals surface area contributed by atoms with Crippen LogP contribution in [0.4, 0.5) is 10.1 Å². The molecule has 0 radical (unpaired) electrons. The highest BCUT2D eigenvalue weighted by atomic mass is 19.1. The fourth-order valence-electron chi connectivity index (χ4n) is 3.76. The van der Waals surface area contributed by atoms with Crippen LogP contribution >= 0.6 is 0 Å². The fraction of sp³-hybridized carbons (Fsp3) is 0.647. The van der Waals surface area contributed by atoms with Gasteiger partial charge < -0.3 is 10.2 Å². The van der Waals surface area contributed by atoms with E-state index >= 15 is 0 Å². The van der Waals surface area contributed by atoms with Gasteiger partial charge in [0.2, 0.25) is 0 Å². The van der Waals surface area contributed by atoms with E-state index in [9.17, 15) is 4.39 Å². The molecule has 3 fully saturated rings. The summed E-state index contributed by atoms with van der Waals surface area (Å²) in [7, 11) is 0.